The van der Waals surface area contributed by atoms with Crippen molar-refractivity contribution in [3.63, 3.8) is 0 Å². The number of halogens is 1. The molecule has 1 aromatic carbocycles. The van der Waals surface area contributed by atoms with Gasteiger partial charge in [-0.2, -0.15) is 0 Å². The molecule has 1 aliphatic rings. The van der Waals surface area contributed by atoms with Crippen molar-refractivity contribution in [2.45, 2.75) is 64.5 Å². The molecular formula is C19H29FN2O. The van der Waals surface area contributed by atoms with E-state index in [0.29, 0.717) is 25.0 Å². The van der Waals surface area contributed by atoms with Crippen molar-refractivity contribution >= 4 is 5.91 Å². The normalized spacial score (nSPS) is 19.3. The average Bonchev–Trinajstić information content (AvgIpc) is 2.93. The zero-order chi connectivity index (χ0) is 17.0. The summed E-state index contributed by atoms with van der Waals surface area (Å²) in [6.45, 7) is 10.0. The van der Waals surface area contributed by atoms with E-state index >= 15 is 0 Å². The zero-order valence-electron chi connectivity index (χ0n) is 14.7. The maximum Gasteiger partial charge on any atom is 0.221 e. The Labute approximate surface area is 139 Å². The molecule has 4 heteroatoms. The summed E-state index contributed by atoms with van der Waals surface area (Å²) in [4.78, 5) is 14.7. The van der Waals surface area contributed by atoms with Gasteiger partial charge in [-0.05, 0) is 50.9 Å². The summed E-state index contributed by atoms with van der Waals surface area (Å²) in [5.74, 6) is -0.146. The number of likely N-dealkylation sites (tertiary alicyclic amines) is 1. The molecule has 23 heavy (non-hydrogen) atoms. The molecule has 1 N–H and O–H groups in total. The third kappa shape index (κ3) is 4.77. The van der Waals surface area contributed by atoms with Crippen LogP contribution in [0.1, 0.15) is 52.5 Å². The first kappa shape index (κ1) is 17.9. The van der Waals surface area contributed by atoms with E-state index < -0.39 is 0 Å². The van der Waals surface area contributed by atoms with Gasteiger partial charge in [0.05, 0.1) is 0 Å². The summed E-state index contributed by atoms with van der Waals surface area (Å²) in [5.41, 5.74) is 0.619. The van der Waals surface area contributed by atoms with Crippen molar-refractivity contribution in [1.29, 1.82) is 0 Å². The molecular weight excluding hydrogens is 291 g/mol. The highest BCUT2D eigenvalue weighted by Crippen LogP contribution is 2.24. The molecule has 1 fully saturated rings. The molecule has 1 atom stereocenters. The second kappa shape index (κ2) is 7.43. The van der Waals surface area contributed by atoms with Crippen LogP contribution in [0, 0.1) is 5.82 Å². The van der Waals surface area contributed by atoms with E-state index in [4.69, 9.17) is 0 Å². The monoisotopic (exact) mass is 320 g/mol. The predicted octanol–water partition coefficient (Wildman–Crippen LogP) is 3.48. The van der Waals surface area contributed by atoms with Crippen LogP contribution in [-0.2, 0) is 10.2 Å². The van der Waals surface area contributed by atoms with Gasteiger partial charge in [0.2, 0.25) is 5.91 Å². The maximum atomic E-state index is 13.4. The third-order valence-corrected chi connectivity index (χ3v) is 4.84. The number of amides is 1. The van der Waals surface area contributed by atoms with Crippen LogP contribution in [-0.4, -0.2) is 36.0 Å². The highest BCUT2D eigenvalue weighted by molar-refractivity contribution is 5.76. The summed E-state index contributed by atoms with van der Waals surface area (Å²) >= 11 is 0. The second-order valence-electron chi connectivity index (χ2n) is 7.50. The van der Waals surface area contributed by atoms with Crippen LogP contribution in [0.3, 0.4) is 0 Å². The minimum atomic E-state index is -0.287. The molecule has 1 aromatic rings. The molecule has 1 aliphatic heterocycles. The van der Waals surface area contributed by atoms with Crippen molar-refractivity contribution in [2.75, 3.05) is 13.1 Å². The highest BCUT2D eigenvalue weighted by Gasteiger charge is 2.29. The lowest BCUT2D eigenvalue weighted by molar-refractivity contribution is -0.122. The second-order valence-corrected chi connectivity index (χ2v) is 7.50. The number of hydrogen-bond acceptors (Lipinski definition) is 2. The van der Waals surface area contributed by atoms with Gasteiger partial charge in [0, 0.05) is 30.5 Å². The van der Waals surface area contributed by atoms with Crippen LogP contribution in [0.4, 0.5) is 4.39 Å². The van der Waals surface area contributed by atoms with E-state index in [9.17, 15) is 9.18 Å². The van der Waals surface area contributed by atoms with Gasteiger partial charge in [0.15, 0.2) is 0 Å². The number of carbonyl (C=O) groups is 1. The Bertz CT molecular complexity index is 542. The van der Waals surface area contributed by atoms with Gasteiger partial charge in [0.25, 0.3) is 0 Å². The van der Waals surface area contributed by atoms with Gasteiger partial charge in [-0.3, -0.25) is 9.69 Å². The minimum Gasteiger partial charge on any atom is -0.355 e. The van der Waals surface area contributed by atoms with Gasteiger partial charge in [-0.1, -0.05) is 26.0 Å². The van der Waals surface area contributed by atoms with Crippen LogP contribution in [0.2, 0.25) is 0 Å². The fourth-order valence-corrected chi connectivity index (χ4v) is 3.37. The number of nitrogens with zero attached hydrogens (tertiary/aromatic N) is 1. The molecule has 0 aliphatic carbocycles. The lowest BCUT2D eigenvalue weighted by Gasteiger charge is -2.29. The van der Waals surface area contributed by atoms with E-state index in [-0.39, 0.29) is 17.1 Å². The Morgan fingerprint density at radius 2 is 2.17 bits per heavy atom. The maximum absolute atomic E-state index is 13.4. The van der Waals surface area contributed by atoms with Crippen LogP contribution < -0.4 is 5.32 Å². The standard InChI is InChI=1S/C19H29FN2O/c1-14(2)22-10-6-9-17(22)12-18(23)21-13-19(3,4)15-7-5-8-16(20)11-15/h5,7-8,11,14,17H,6,9-10,12-13H2,1-4H3,(H,21,23)/t17-/m1/s1. The molecule has 0 saturated carbocycles. The van der Waals surface area contributed by atoms with E-state index in [0.717, 1.165) is 18.5 Å². The van der Waals surface area contributed by atoms with Crippen LogP contribution in [0.5, 0.6) is 0 Å². The van der Waals surface area contributed by atoms with Crippen molar-refractivity contribution in [1.82, 2.24) is 10.2 Å². The molecule has 0 unspecified atom stereocenters. The summed E-state index contributed by atoms with van der Waals surface area (Å²) in [6.07, 6.45) is 2.82. The quantitative estimate of drug-likeness (QED) is 0.870. The fraction of sp³-hybridized carbons (Fsp3) is 0.632. The highest BCUT2D eigenvalue weighted by atomic mass is 19.1. The van der Waals surface area contributed by atoms with Gasteiger partial charge < -0.3 is 5.32 Å². The smallest absolute Gasteiger partial charge is 0.221 e. The summed E-state index contributed by atoms with van der Waals surface area (Å²) < 4.78 is 13.4. The molecule has 0 radical (unpaired) electrons. The van der Waals surface area contributed by atoms with Gasteiger partial charge in [0.1, 0.15) is 5.82 Å². The summed E-state index contributed by atoms with van der Waals surface area (Å²) in [5, 5.41) is 3.04. The summed E-state index contributed by atoms with van der Waals surface area (Å²) in [7, 11) is 0. The average molecular weight is 320 g/mol. The van der Waals surface area contributed by atoms with Crippen molar-refractivity contribution < 1.29 is 9.18 Å². The molecule has 128 valence electrons. The van der Waals surface area contributed by atoms with Crippen LogP contribution in [0.15, 0.2) is 24.3 Å². The molecule has 0 aromatic heterocycles. The molecule has 1 heterocycles. The number of rotatable bonds is 6. The van der Waals surface area contributed by atoms with E-state index in [1.807, 2.05) is 19.9 Å². The molecule has 3 nitrogen and oxygen atoms in total. The lowest BCUT2D eigenvalue weighted by atomic mass is 9.84. The largest absolute Gasteiger partial charge is 0.355 e. The Kier molecular flexibility index (Phi) is 5.79. The first-order chi connectivity index (χ1) is 10.8. The van der Waals surface area contributed by atoms with E-state index in [1.165, 1.54) is 12.5 Å². The lowest BCUT2D eigenvalue weighted by Crippen LogP contribution is -2.42. The Morgan fingerprint density at radius 3 is 2.83 bits per heavy atom. The Balaban J connectivity index is 1.88. The number of nitrogens with one attached hydrogen (secondary N) is 1. The van der Waals surface area contributed by atoms with Crippen molar-refractivity contribution in [2.24, 2.45) is 0 Å². The van der Waals surface area contributed by atoms with Crippen molar-refractivity contribution in [3.8, 4) is 0 Å². The molecule has 1 saturated heterocycles. The summed E-state index contributed by atoms with van der Waals surface area (Å²) in [6, 6.07) is 7.45. The zero-order valence-corrected chi connectivity index (χ0v) is 14.7. The van der Waals surface area contributed by atoms with Crippen LogP contribution >= 0.6 is 0 Å². The Morgan fingerprint density at radius 1 is 1.43 bits per heavy atom. The number of hydrogen-bond donors (Lipinski definition) is 1. The fourth-order valence-electron chi connectivity index (χ4n) is 3.37. The van der Waals surface area contributed by atoms with Crippen LogP contribution in [0.25, 0.3) is 0 Å². The molecule has 1 amide bonds. The minimum absolute atomic E-state index is 0.0898. The van der Waals surface area contributed by atoms with Gasteiger partial charge >= 0.3 is 0 Å². The topological polar surface area (TPSA) is 32.3 Å². The van der Waals surface area contributed by atoms with Gasteiger partial charge in [-0.15, -0.1) is 0 Å². The number of benzene rings is 1. The third-order valence-electron chi connectivity index (χ3n) is 4.84. The number of carbonyl (C=O) groups excluding carboxylic acids is 1. The molecule has 0 spiro atoms. The van der Waals surface area contributed by atoms with E-state index in [2.05, 4.69) is 24.1 Å². The Hall–Kier alpha value is -1.42. The SMILES string of the molecule is CC(C)N1CCC[C@@H]1CC(=O)NCC(C)(C)c1cccc(F)c1. The first-order valence-corrected chi connectivity index (χ1v) is 8.58. The molecule has 2 rings (SSSR count). The van der Waals surface area contributed by atoms with Gasteiger partial charge in [-0.25, -0.2) is 4.39 Å². The first-order valence-electron chi connectivity index (χ1n) is 8.58. The predicted molar refractivity (Wildman–Crippen MR) is 91.9 cm³/mol. The molecule has 0 bridgehead atoms. The van der Waals surface area contributed by atoms with E-state index in [1.54, 1.807) is 12.1 Å². The van der Waals surface area contributed by atoms with Crippen molar-refractivity contribution in [3.05, 3.63) is 35.6 Å².